The van der Waals surface area contributed by atoms with E-state index in [1.54, 1.807) is 19.2 Å². The van der Waals surface area contributed by atoms with Crippen molar-refractivity contribution in [2.24, 2.45) is 0 Å². The van der Waals surface area contributed by atoms with Gasteiger partial charge < -0.3 is 30.3 Å². The molecule has 0 radical (unpaired) electrons. The van der Waals surface area contributed by atoms with E-state index in [4.69, 9.17) is 4.74 Å². The fourth-order valence-electron chi connectivity index (χ4n) is 5.03. The Morgan fingerprint density at radius 1 is 0.971 bits per heavy atom. The molecule has 1 aliphatic rings. The first-order chi connectivity index (χ1) is 16.5. The van der Waals surface area contributed by atoms with Crippen molar-refractivity contribution in [3.05, 3.63) is 47.0 Å². The number of hydrogen-bond donors (Lipinski definition) is 4. The molecule has 2 aromatic rings. The van der Waals surface area contributed by atoms with E-state index in [1.807, 2.05) is 18.2 Å². The van der Waals surface area contributed by atoms with Crippen LogP contribution < -0.4 is 10.1 Å². The Hall–Kier alpha value is -2.44. The lowest BCUT2D eigenvalue weighted by atomic mass is 9.86. The summed E-state index contributed by atoms with van der Waals surface area (Å²) >= 11 is 0. The zero-order valence-electron chi connectivity index (χ0n) is 20.9. The van der Waals surface area contributed by atoms with Crippen LogP contribution in [0.25, 0.3) is 0 Å². The third kappa shape index (κ3) is 7.28. The van der Waals surface area contributed by atoms with E-state index in [0.717, 1.165) is 69.4 Å². The number of ether oxygens (including phenoxy) is 1. The number of phenolic OH excluding ortho intramolecular Hbond substituents is 3. The quantitative estimate of drug-likeness (QED) is 0.235. The van der Waals surface area contributed by atoms with Crippen LogP contribution in [-0.2, 0) is 19.3 Å². The summed E-state index contributed by atoms with van der Waals surface area (Å²) in [5, 5.41) is 33.1. The highest BCUT2D eigenvalue weighted by Gasteiger charge is 2.26. The van der Waals surface area contributed by atoms with Crippen molar-refractivity contribution in [1.29, 1.82) is 0 Å². The predicted molar refractivity (Wildman–Crippen MR) is 137 cm³/mol. The fourth-order valence-corrected chi connectivity index (χ4v) is 5.03. The Morgan fingerprint density at radius 2 is 1.76 bits per heavy atom. The van der Waals surface area contributed by atoms with Crippen molar-refractivity contribution in [3.63, 3.8) is 0 Å². The van der Waals surface area contributed by atoms with Gasteiger partial charge in [0, 0.05) is 11.6 Å². The summed E-state index contributed by atoms with van der Waals surface area (Å²) in [6.45, 7) is 6.45. The molecule has 2 aromatic carbocycles. The second kappa shape index (κ2) is 13.4. The molecule has 0 fully saturated rings. The molecule has 6 heteroatoms. The first-order valence-electron chi connectivity index (χ1n) is 12.9. The third-order valence-corrected chi connectivity index (χ3v) is 6.95. The Balaban J connectivity index is 1.30. The Bertz CT molecular complexity index is 902. The molecule has 4 N–H and O–H groups in total. The fraction of sp³-hybridized carbons (Fsp3) is 0.571. The molecule has 0 amide bonds. The van der Waals surface area contributed by atoms with Crippen LogP contribution >= 0.6 is 0 Å². The van der Waals surface area contributed by atoms with Crippen molar-refractivity contribution in [3.8, 4) is 23.0 Å². The van der Waals surface area contributed by atoms with Crippen LogP contribution in [0.15, 0.2) is 30.3 Å². The minimum atomic E-state index is -0.00214. The number of hydrogen-bond acceptors (Lipinski definition) is 6. The number of methoxy groups -OCH3 is 1. The van der Waals surface area contributed by atoms with Gasteiger partial charge in [-0.1, -0.05) is 31.9 Å². The second-order valence-corrected chi connectivity index (χ2v) is 9.42. The smallest absolute Gasteiger partial charge is 0.160 e. The summed E-state index contributed by atoms with van der Waals surface area (Å²) in [6, 6.07) is 9.66. The van der Waals surface area contributed by atoms with Gasteiger partial charge in [0.25, 0.3) is 0 Å². The molecule has 34 heavy (non-hydrogen) atoms. The standard InChI is InChI=1S/C28H42N2O4/c1-3-17-30(23-10-11-24-22(20-23)9-13-26(32)28(24)33)18-7-5-4-6-15-29-16-14-21-8-12-25(31)27(19-21)34-2/h8-9,12-13,19,23,29,31-33H,3-7,10-11,14-18,20H2,1-2H3. The van der Waals surface area contributed by atoms with Crippen molar-refractivity contribution < 1.29 is 20.1 Å². The number of nitrogens with one attached hydrogen (secondary N) is 1. The number of benzene rings is 2. The number of nitrogens with zero attached hydrogens (tertiary/aromatic N) is 1. The largest absolute Gasteiger partial charge is 0.504 e. The van der Waals surface area contributed by atoms with Crippen molar-refractivity contribution >= 4 is 0 Å². The SMILES string of the molecule is CCCN(CCCCCCNCCc1ccc(O)c(OC)c1)C1CCc2c(ccc(O)c2O)C1. The molecule has 6 nitrogen and oxygen atoms in total. The highest BCUT2D eigenvalue weighted by atomic mass is 16.5. The maximum atomic E-state index is 10.2. The molecule has 0 aromatic heterocycles. The van der Waals surface area contributed by atoms with Crippen LogP contribution in [0, 0.1) is 0 Å². The monoisotopic (exact) mass is 470 g/mol. The number of fused-ring (bicyclic) bond motifs is 1. The molecule has 188 valence electrons. The first kappa shape index (κ1) is 26.2. The van der Waals surface area contributed by atoms with Gasteiger partial charge in [0.05, 0.1) is 7.11 Å². The third-order valence-electron chi connectivity index (χ3n) is 6.95. The summed E-state index contributed by atoms with van der Waals surface area (Å²) < 4.78 is 5.17. The van der Waals surface area contributed by atoms with Crippen molar-refractivity contribution in [2.75, 3.05) is 33.3 Å². The van der Waals surface area contributed by atoms with E-state index in [-0.39, 0.29) is 17.2 Å². The molecule has 1 unspecified atom stereocenters. The lowest BCUT2D eigenvalue weighted by Gasteiger charge is -2.35. The zero-order chi connectivity index (χ0) is 24.3. The van der Waals surface area contributed by atoms with Gasteiger partial charge in [-0.15, -0.1) is 0 Å². The molecule has 0 aliphatic heterocycles. The highest BCUT2D eigenvalue weighted by Crippen LogP contribution is 2.36. The molecule has 1 atom stereocenters. The van der Waals surface area contributed by atoms with E-state index in [2.05, 4.69) is 17.1 Å². The van der Waals surface area contributed by atoms with Crippen LogP contribution in [0.3, 0.4) is 0 Å². The van der Waals surface area contributed by atoms with Gasteiger partial charge in [-0.05, 0) is 100 Å². The minimum absolute atomic E-state index is 0.00214. The average Bonchev–Trinajstić information content (AvgIpc) is 2.85. The van der Waals surface area contributed by atoms with Crippen molar-refractivity contribution in [1.82, 2.24) is 10.2 Å². The Kier molecular flexibility index (Phi) is 10.4. The second-order valence-electron chi connectivity index (χ2n) is 9.42. The molecular weight excluding hydrogens is 428 g/mol. The van der Waals surface area contributed by atoms with Gasteiger partial charge in [-0.25, -0.2) is 0 Å². The molecule has 0 saturated heterocycles. The highest BCUT2D eigenvalue weighted by molar-refractivity contribution is 5.50. The van der Waals surface area contributed by atoms with Crippen LogP contribution in [0.2, 0.25) is 0 Å². The zero-order valence-corrected chi connectivity index (χ0v) is 20.9. The lowest BCUT2D eigenvalue weighted by Crippen LogP contribution is -2.40. The van der Waals surface area contributed by atoms with Gasteiger partial charge >= 0.3 is 0 Å². The van der Waals surface area contributed by atoms with Crippen LogP contribution in [0.4, 0.5) is 0 Å². The summed E-state index contributed by atoms with van der Waals surface area (Å²) in [6.07, 6.45) is 9.80. The molecule has 0 spiro atoms. The number of phenols is 3. The topological polar surface area (TPSA) is 85.2 Å². The molecule has 0 bridgehead atoms. The van der Waals surface area contributed by atoms with Crippen molar-refractivity contribution in [2.45, 2.75) is 70.8 Å². The molecule has 1 aliphatic carbocycles. The summed E-state index contributed by atoms with van der Waals surface area (Å²) in [5.41, 5.74) is 3.28. The average molecular weight is 471 g/mol. The van der Waals surface area contributed by atoms with Crippen LogP contribution in [0.1, 0.15) is 62.1 Å². The van der Waals surface area contributed by atoms with Gasteiger partial charge in [-0.3, -0.25) is 0 Å². The van der Waals surface area contributed by atoms with Crippen LogP contribution in [0.5, 0.6) is 23.0 Å². The molecular formula is C28H42N2O4. The predicted octanol–water partition coefficient (Wildman–Crippen LogP) is 4.77. The van der Waals surface area contributed by atoms with Gasteiger partial charge in [0.1, 0.15) is 0 Å². The Labute approximate surface area is 204 Å². The van der Waals surface area contributed by atoms with E-state index in [9.17, 15) is 15.3 Å². The van der Waals surface area contributed by atoms with E-state index in [0.29, 0.717) is 11.8 Å². The normalized spacial score (nSPS) is 15.4. The van der Waals surface area contributed by atoms with Gasteiger partial charge in [0.2, 0.25) is 0 Å². The summed E-state index contributed by atoms with van der Waals surface area (Å²) in [4.78, 5) is 2.64. The lowest BCUT2D eigenvalue weighted by molar-refractivity contribution is 0.175. The van der Waals surface area contributed by atoms with Gasteiger partial charge in [-0.2, -0.15) is 0 Å². The molecule has 3 rings (SSSR count). The maximum absolute atomic E-state index is 10.2. The number of unbranched alkanes of at least 4 members (excludes halogenated alkanes) is 3. The van der Waals surface area contributed by atoms with E-state index >= 15 is 0 Å². The number of rotatable bonds is 14. The molecule has 0 saturated carbocycles. The van der Waals surface area contributed by atoms with Gasteiger partial charge in [0.15, 0.2) is 23.0 Å². The summed E-state index contributed by atoms with van der Waals surface area (Å²) in [7, 11) is 1.57. The maximum Gasteiger partial charge on any atom is 0.160 e. The number of aromatic hydroxyl groups is 3. The Morgan fingerprint density at radius 3 is 2.56 bits per heavy atom. The molecule has 0 heterocycles. The van der Waals surface area contributed by atoms with E-state index in [1.165, 1.54) is 31.2 Å². The summed E-state index contributed by atoms with van der Waals surface area (Å²) in [5.74, 6) is 0.793. The minimum Gasteiger partial charge on any atom is -0.504 e. The van der Waals surface area contributed by atoms with E-state index < -0.39 is 0 Å². The van der Waals surface area contributed by atoms with Crippen LogP contribution in [-0.4, -0.2) is 59.6 Å². The first-order valence-corrected chi connectivity index (χ1v) is 12.9.